The van der Waals surface area contributed by atoms with Crippen molar-refractivity contribution in [2.75, 3.05) is 18.0 Å². The van der Waals surface area contributed by atoms with Crippen LogP contribution in [0.25, 0.3) is 0 Å². The number of aromatic nitrogens is 1. The fourth-order valence-corrected chi connectivity index (χ4v) is 3.26. The lowest BCUT2D eigenvalue weighted by atomic mass is 9.78. The Morgan fingerprint density at radius 3 is 2.50 bits per heavy atom. The molecule has 0 unspecified atom stereocenters. The number of aryl methyl sites for hydroxylation is 2. The first-order valence-corrected chi connectivity index (χ1v) is 7.80. The Morgan fingerprint density at radius 1 is 1.40 bits per heavy atom. The van der Waals surface area contributed by atoms with Crippen molar-refractivity contribution >= 4 is 22.9 Å². The highest BCUT2D eigenvalue weighted by molar-refractivity contribution is 7.80. The van der Waals surface area contributed by atoms with E-state index in [1.54, 1.807) is 0 Å². The second kappa shape index (κ2) is 5.68. The molecule has 0 radical (unpaired) electrons. The molecule has 1 fully saturated rings. The molecule has 0 spiro atoms. The molecule has 3 nitrogen and oxygen atoms in total. The SMILES string of the molecule is CCC1(C)CCN(c2cc(C)nc(C)c2C(N)=S)CC1. The molecule has 1 aliphatic rings. The zero-order valence-corrected chi connectivity index (χ0v) is 13.8. The highest BCUT2D eigenvalue weighted by atomic mass is 32.1. The standard InChI is InChI=1S/C16H25N3S/c1-5-16(4)6-8-19(9-7-16)13-10-11(2)18-12(3)14(13)15(17)20/h10H,5-9H2,1-4H3,(H2,17,20). The molecule has 0 atom stereocenters. The van der Waals surface area contributed by atoms with E-state index in [1.165, 1.54) is 24.9 Å². The molecule has 1 aromatic heterocycles. The first-order chi connectivity index (χ1) is 9.36. The van der Waals surface area contributed by atoms with Crippen molar-refractivity contribution in [3.63, 3.8) is 0 Å². The molecule has 2 rings (SSSR count). The van der Waals surface area contributed by atoms with Gasteiger partial charge >= 0.3 is 0 Å². The number of nitrogens with zero attached hydrogens (tertiary/aromatic N) is 2. The van der Waals surface area contributed by atoms with Gasteiger partial charge in [-0.25, -0.2) is 0 Å². The second-order valence-electron chi connectivity index (χ2n) is 6.26. The average Bonchev–Trinajstić information content (AvgIpc) is 2.38. The summed E-state index contributed by atoms with van der Waals surface area (Å²) in [6.45, 7) is 10.8. The van der Waals surface area contributed by atoms with Gasteiger partial charge < -0.3 is 10.6 Å². The predicted molar refractivity (Wildman–Crippen MR) is 89.4 cm³/mol. The Labute approximate surface area is 127 Å². The molecule has 20 heavy (non-hydrogen) atoms. The van der Waals surface area contributed by atoms with E-state index in [4.69, 9.17) is 18.0 Å². The average molecular weight is 291 g/mol. The van der Waals surface area contributed by atoms with Gasteiger partial charge in [-0.1, -0.05) is 32.5 Å². The van der Waals surface area contributed by atoms with Gasteiger partial charge in [0.15, 0.2) is 0 Å². The van der Waals surface area contributed by atoms with E-state index in [1.807, 2.05) is 13.8 Å². The zero-order valence-electron chi connectivity index (χ0n) is 13.0. The molecule has 0 aromatic carbocycles. The van der Waals surface area contributed by atoms with E-state index >= 15 is 0 Å². The van der Waals surface area contributed by atoms with Crippen molar-refractivity contribution in [3.05, 3.63) is 23.0 Å². The van der Waals surface area contributed by atoms with Crippen LogP contribution in [0.2, 0.25) is 0 Å². The van der Waals surface area contributed by atoms with E-state index in [2.05, 4.69) is 29.8 Å². The Bertz CT molecular complexity index is 517. The summed E-state index contributed by atoms with van der Waals surface area (Å²) in [5.41, 5.74) is 10.5. The molecule has 4 heteroatoms. The zero-order chi connectivity index (χ0) is 14.9. The number of anilines is 1. The Hall–Kier alpha value is -1.16. The molecule has 110 valence electrons. The Kier molecular flexibility index (Phi) is 4.33. The second-order valence-corrected chi connectivity index (χ2v) is 6.70. The molecule has 2 heterocycles. The van der Waals surface area contributed by atoms with Crippen LogP contribution < -0.4 is 10.6 Å². The number of piperidine rings is 1. The molecule has 2 N–H and O–H groups in total. The van der Waals surface area contributed by atoms with Crippen molar-refractivity contribution in [3.8, 4) is 0 Å². The molecular formula is C16H25N3S. The summed E-state index contributed by atoms with van der Waals surface area (Å²) in [4.78, 5) is 7.38. The summed E-state index contributed by atoms with van der Waals surface area (Å²) in [6.07, 6.45) is 3.69. The fourth-order valence-electron chi connectivity index (χ4n) is 3.00. The minimum absolute atomic E-state index is 0.453. The Balaban J connectivity index is 2.32. The van der Waals surface area contributed by atoms with Crippen LogP contribution in [-0.2, 0) is 0 Å². The molecule has 0 bridgehead atoms. The van der Waals surface area contributed by atoms with Gasteiger partial charge in [-0.15, -0.1) is 0 Å². The van der Waals surface area contributed by atoms with Crippen molar-refractivity contribution in [1.29, 1.82) is 0 Å². The monoisotopic (exact) mass is 291 g/mol. The molecule has 0 aliphatic carbocycles. The maximum atomic E-state index is 5.92. The maximum Gasteiger partial charge on any atom is 0.107 e. The van der Waals surface area contributed by atoms with Gasteiger partial charge in [0.1, 0.15) is 4.99 Å². The molecule has 0 amide bonds. The first-order valence-electron chi connectivity index (χ1n) is 7.39. The van der Waals surface area contributed by atoms with E-state index in [0.29, 0.717) is 10.4 Å². The lowest BCUT2D eigenvalue weighted by Crippen LogP contribution is -2.39. The molecule has 1 aliphatic heterocycles. The van der Waals surface area contributed by atoms with E-state index in [-0.39, 0.29) is 0 Å². The van der Waals surface area contributed by atoms with Crippen LogP contribution >= 0.6 is 12.2 Å². The lowest BCUT2D eigenvalue weighted by molar-refractivity contribution is 0.238. The maximum absolute atomic E-state index is 5.92. The fraction of sp³-hybridized carbons (Fsp3) is 0.625. The van der Waals surface area contributed by atoms with Crippen molar-refractivity contribution in [2.45, 2.75) is 47.0 Å². The quantitative estimate of drug-likeness (QED) is 0.867. The van der Waals surface area contributed by atoms with Crippen LogP contribution in [0.3, 0.4) is 0 Å². The Morgan fingerprint density at radius 2 is 2.00 bits per heavy atom. The normalized spacial score (nSPS) is 18.1. The first kappa shape index (κ1) is 15.2. The molecule has 1 aromatic rings. The van der Waals surface area contributed by atoms with Crippen molar-refractivity contribution in [1.82, 2.24) is 4.98 Å². The lowest BCUT2D eigenvalue weighted by Gasteiger charge is -2.40. The van der Waals surface area contributed by atoms with Gasteiger partial charge in [0.05, 0.1) is 11.3 Å². The predicted octanol–water partition coefficient (Wildman–Crippen LogP) is 3.35. The van der Waals surface area contributed by atoms with Gasteiger partial charge in [-0.05, 0) is 38.2 Å². The minimum atomic E-state index is 0.453. The van der Waals surface area contributed by atoms with Crippen molar-refractivity contribution < 1.29 is 0 Å². The van der Waals surface area contributed by atoms with Crippen LogP contribution in [0.15, 0.2) is 6.07 Å². The number of rotatable bonds is 3. The number of pyridine rings is 1. The molecule has 0 saturated carbocycles. The summed E-state index contributed by atoms with van der Waals surface area (Å²) < 4.78 is 0. The third kappa shape index (κ3) is 2.95. The van der Waals surface area contributed by atoms with E-state index < -0.39 is 0 Å². The van der Waals surface area contributed by atoms with Gasteiger partial charge in [0, 0.05) is 24.5 Å². The number of hydrogen-bond acceptors (Lipinski definition) is 3. The number of nitrogens with two attached hydrogens (primary N) is 1. The van der Waals surface area contributed by atoms with Gasteiger partial charge in [-0.3, -0.25) is 4.98 Å². The summed E-state index contributed by atoms with van der Waals surface area (Å²) in [6, 6.07) is 2.12. The summed E-state index contributed by atoms with van der Waals surface area (Å²) in [5, 5.41) is 0. The van der Waals surface area contributed by atoms with E-state index in [0.717, 1.165) is 30.0 Å². The summed E-state index contributed by atoms with van der Waals surface area (Å²) >= 11 is 5.23. The third-order valence-electron chi connectivity index (χ3n) is 4.72. The van der Waals surface area contributed by atoms with Crippen LogP contribution in [-0.4, -0.2) is 23.1 Å². The van der Waals surface area contributed by atoms with E-state index in [9.17, 15) is 0 Å². The van der Waals surface area contributed by atoms with Gasteiger partial charge in [0.25, 0.3) is 0 Å². The van der Waals surface area contributed by atoms with Gasteiger partial charge in [-0.2, -0.15) is 0 Å². The minimum Gasteiger partial charge on any atom is -0.389 e. The highest BCUT2D eigenvalue weighted by Crippen LogP contribution is 2.36. The topological polar surface area (TPSA) is 42.2 Å². The molecular weight excluding hydrogens is 266 g/mol. The smallest absolute Gasteiger partial charge is 0.107 e. The van der Waals surface area contributed by atoms with Crippen LogP contribution in [0, 0.1) is 19.3 Å². The largest absolute Gasteiger partial charge is 0.389 e. The van der Waals surface area contributed by atoms with Gasteiger partial charge in [0.2, 0.25) is 0 Å². The third-order valence-corrected chi connectivity index (χ3v) is 4.92. The van der Waals surface area contributed by atoms with Crippen molar-refractivity contribution in [2.24, 2.45) is 11.1 Å². The number of thiocarbonyl (C=S) groups is 1. The summed E-state index contributed by atoms with van der Waals surface area (Å²) in [5.74, 6) is 0. The molecule has 1 saturated heterocycles. The number of hydrogen-bond donors (Lipinski definition) is 1. The van der Waals surface area contributed by atoms with Crippen LogP contribution in [0.5, 0.6) is 0 Å². The van der Waals surface area contributed by atoms with Crippen LogP contribution in [0.4, 0.5) is 5.69 Å². The highest BCUT2D eigenvalue weighted by Gasteiger charge is 2.29. The summed E-state index contributed by atoms with van der Waals surface area (Å²) in [7, 11) is 0. The van der Waals surface area contributed by atoms with Crippen LogP contribution in [0.1, 0.15) is 50.1 Å².